The molecule has 0 saturated heterocycles. The first kappa shape index (κ1) is 13.4. The van der Waals surface area contributed by atoms with Gasteiger partial charge in [-0.05, 0) is 33.1 Å². The van der Waals surface area contributed by atoms with Crippen molar-refractivity contribution in [3.63, 3.8) is 0 Å². The maximum absolute atomic E-state index is 11.9. The predicted octanol–water partition coefficient (Wildman–Crippen LogP) is 1.55. The zero-order valence-corrected chi connectivity index (χ0v) is 11.0. The molecule has 1 aromatic heterocycles. The van der Waals surface area contributed by atoms with Crippen LogP contribution >= 0.6 is 0 Å². The van der Waals surface area contributed by atoms with Crippen LogP contribution in [0, 0.1) is 13.8 Å². The van der Waals surface area contributed by atoms with Gasteiger partial charge in [-0.1, -0.05) is 0 Å². The SMILES string of the molecule is Cc1n[nH]c(C)c1NC(=O)NC1(CC(=O)O)CCC1. The molecule has 0 aliphatic heterocycles. The van der Waals surface area contributed by atoms with Crippen molar-refractivity contribution in [3.05, 3.63) is 11.4 Å². The molecule has 1 aromatic rings. The molecular formula is C12H18N4O3. The maximum Gasteiger partial charge on any atom is 0.319 e. The molecule has 2 rings (SSSR count). The lowest BCUT2D eigenvalue weighted by Gasteiger charge is -2.41. The molecule has 0 spiro atoms. The van der Waals surface area contributed by atoms with Gasteiger partial charge in [0, 0.05) is 0 Å². The van der Waals surface area contributed by atoms with E-state index in [4.69, 9.17) is 5.11 Å². The van der Waals surface area contributed by atoms with E-state index in [0.29, 0.717) is 24.2 Å². The molecule has 0 unspecified atom stereocenters. The van der Waals surface area contributed by atoms with Gasteiger partial charge in [-0.15, -0.1) is 0 Å². The predicted molar refractivity (Wildman–Crippen MR) is 69.1 cm³/mol. The van der Waals surface area contributed by atoms with Crippen molar-refractivity contribution in [1.29, 1.82) is 0 Å². The van der Waals surface area contributed by atoms with Crippen LogP contribution in [0.1, 0.15) is 37.1 Å². The number of aryl methyl sites for hydroxylation is 2. The number of carbonyl (C=O) groups is 2. The highest BCUT2D eigenvalue weighted by Gasteiger charge is 2.40. The molecule has 7 heteroatoms. The monoisotopic (exact) mass is 266 g/mol. The van der Waals surface area contributed by atoms with E-state index in [1.165, 1.54) is 0 Å². The smallest absolute Gasteiger partial charge is 0.319 e. The minimum atomic E-state index is -0.893. The number of carbonyl (C=O) groups excluding carboxylic acids is 1. The minimum absolute atomic E-state index is 0.0379. The van der Waals surface area contributed by atoms with E-state index in [9.17, 15) is 9.59 Å². The van der Waals surface area contributed by atoms with Gasteiger partial charge in [0.2, 0.25) is 0 Å². The van der Waals surface area contributed by atoms with E-state index in [1.54, 1.807) is 6.92 Å². The number of anilines is 1. The lowest BCUT2D eigenvalue weighted by molar-refractivity contribution is -0.139. The van der Waals surface area contributed by atoms with Crippen molar-refractivity contribution < 1.29 is 14.7 Å². The minimum Gasteiger partial charge on any atom is -0.481 e. The van der Waals surface area contributed by atoms with Gasteiger partial charge < -0.3 is 15.7 Å². The molecule has 2 amide bonds. The number of rotatable bonds is 4. The number of hydrogen-bond donors (Lipinski definition) is 4. The summed E-state index contributed by atoms with van der Waals surface area (Å²) in [5, 5.41) is 21.2. The Morgan fingerprint density at radius 3 is 2.53 bits per heavy atom. The third-order valence-corrected chi connectivity index (χ3v) is 3.55. The van der Waals surface area contributed by atoms with Gasteiger partial charge in [-0.3, -0.25) is 9.89 Å². The zero-order chi connectivity index (χ0) is 14.0. The Morgan fingerprint density at radius 2 is 2.11 bits per heavy atom. The fraction of sp³-hybridized carbons (Fsp3) is 0.583. The summed E-state index contributed by atoms with van der Waals surface area (Å²) in [5.41, 5.74) is 1.52. The molecule has 1 saturated carbocycles. The van der Waals surface area contributed by atoms with Crippen molar-refractivity contribution in [2.75, 3.05) is 5.32 Å². The van der Waals surface area contributed by atoms with Gasteiger partial charge in [-0.2, -0.15) is 5.10 Å². The molecule has 1 heterocycles. The van der Waals surface area contributed by atoms with Gasteiger partial charge in [0.15, 0.2) is 0 Å². The van der Waals surface area contributed by atoms with Crippen molar-refractivity contribution >= 4 is 17.7 Å². The number of nitrogens with zero attached hydrogens (tertiary/aromatic N) is 1. The first-order valence-electron chi connectivity index (χ1n) is 6.24. The largest absolute Gasteiger partial charge is 0.481 e. The van der Waals surface area contributed by atoms with Gasteiger partial charge in [-0.25, -0.2) is 4.79 Å². The van der Waals surface area contributed by atoms with Crippen LogP contribution in [-0.4, -0.2) is 32.8 Å². The van der Waals surface area contributed by atoms with Gasteiger partial charge in [0.05, 0.1) is 29.0 Å². The summed E-state index contributed by atoms with van der Waals surface area (Å²) < 4.78 is 0. The molecular weight excluding hydrogens is 248 g/mol. The summed E-state index contributed by atoms with van der Waals surface area (Å²) in [6.07, 6.45) is 2.31. The van der Waals surface area contributed by atoms with E-state index < -0.39 is 11.5 Å². The summed E-state index contributed by atoms with van der Waals surface area (Å²) in [6.45, 7) is 3.60. The van der Waals surface area contributed by atoms with Crippen molar-refractivity contribution in [1.82, 2.24) is 15.5 Å². The standard InChI is InChI=1S/C12H18N4O3/c1-7-10(8(2)16-15-7)13-11(19)14-12(4-3-5-12)6-9(17)18/h3-6H2,1-2H3,(H,15,16)(H,17,18)(H2,13,14,19). The summed E-state index contributed by atoms with van der Waals surface area (Å²) in [6, 6.07) is -0.381. The highest BCUT2D eigenvalue weighted by Crippen LogP contribution is 2.35. The molecule has 0 bridgehead atoms. The van der Waals surface area contributed by atoms with Crippen molar-refractivity contribution in [3.8, 4) is 0 Å². The Labute approximate surface area is 110 Å². The summed E-state index contributed by atoms with van der Waals surface area (Å²) in [5.74, 6) is -0.893. The second-order valence-corrected chi connectivity index (χ2v) is 5.09. The Balaban J connectivity index is 1.99. The van der Waals surface area contributed by atoms with Gasteiger partial charge >= 0.3 is 12.0 Å². The van der Waals surface area contributed by atoms with Crippen LogP contribution in [0.25, 0.3) is 0 Å². The average Bonchev–Trinajstić information content (AvgIpc) is 2.57. The Bertz CT molecular complexity index is 486. The Kier molecular flexibility index (Phi) is 3.46. The normalized spacial score (nSPS) is 16.5. The van der Waals surface area contributed by atoms with Crippen LogP contribution in [-0.2, 0) is 4.79 Å². The van der Waals surface area contributed by atoms with E-state index in [1.807, 2.05) is 6.92 Å². The van der Waals surface area contributed by atoms with Crippen LogP contribution in [0.2, 0.25) is 0 Å². The molecule has 1 aliphatic carbocycles. The number of carboxylic acid groups (broad SMARTS) is 1. The summed E-state index contributed by atoms with van der Waals surface area (Å²) >= 11 is 0. The fourth-order valence-electron chi connectivity index (χ4n) is 2.36. The van der Waals surface area contributed by atoms with Crippen LogP contribution in [0.3, 0.4) is 0 Å². The third-order valence-electron chi connectivity index (χ3n) is 3.55. The van der Waals surface area contributed by atoms with Crippen molar-refractivity contribution in [2.45, 2.75) is 45.1 Å². The summed E-state index contributed by atoms with van der Waals surface area (Å²) in [7, 11) is 0. The second-order valence-electron chi connectivity index (χ2n) is 5.09. The van der Waals surface area contributed by atoms with E-state index >= 15 is 0 Å². The van der Waals surface area contributed by atoms with Gasteiger partial charge in [0.25, 0.3) is 0 Å². The Hall–Kier alpha value is -2.05. The van der Waals surface area contributed by atoms with Crippen molar-refractivity contribution in [2.24, 2.45) is 0 Å². The highest BCUT2D eigenvalue weighted by atomic mass is 16.4. The Morgan fingerprint density at radius 1 is 1.42 bits per heavy atom. The molecule has 0 aromatic carbocycles. The lowest BCUT2D eigenvalue weighted by Crippen LogP contribution is -2.55. The number of aromatic amines is 1. The number of aliphatic carboxylic acids is 1. The molecule has 19 heavy (non-hydrogen) atoms. The van der Waals surface area contributed by atoms with E-state index in [0.717, 1.165) is 12.1 Å². The first-order chi connectivity index (χ1) is 8.92. The highest BCUT2D eigenvalue weighted by molar-refractivity contribution is 5.91. The van der Waals surface area contributed by atoms with Crippen LogP contribution in [0.4, 0.5) is 10.5 Å². The second kappa shape index (κ2) is 4.91. The van der Waals surface area contributed by atoms with Gasteiger partial charge in [0.1, 0.15) is 0 Å². The number of hydrogen-bond acceptors (Lipinski definition) is 3. The average molecular weight is 266 g/mol. The quantitative estimate of drug-likeness (QED) is 0.663. The molecule has 0 radical (unpaired) electrons. The summed E-state index contributed by atoms with van der Waals surface area (Å²) in [4.78, 5) is 22.8. The lowest BCUT2D eigenvalue weighted by atomic mass is 9.74. The number of carboxylic acids is 1. The molecule has 1 aliphatic rings. The molecule has 7 nitrogen and oxygen atoms in total. The number of urea groups is 1. The van der Waals surface area contributed by atoms with Crippen LogP contribution in [0.15, 0.2) is 0 Å². The van der Waals surface area contributed by atoms with E-state index in [-0.39, 0.29) is 12.5 Å². The number of nitrogens with one attached hydrogen (secondary N) is 3. The maximum atomic E-state index is 11.9. The zero-order valence-electron chi connectivity index (χ0n) is 11.0. The molecule has 104 valence electrons. The van der Waals surface area contributed by atoms with Crippen LogP contribution < -0.4 is 10.6 Å². The first-order valence-corrected chi connectivity index (χ1v) is 6.24. The molecule has 0 atom stereocenters. The number of H-pyrrole nitrogens is 1. The molecule has 4 N–H and O–H groups in total. The van der Waals surface area contributed by atoms with Crippen LogP contribution in [0.5, 0.6) is 0 Å². The number of aromatic nitrogens is 2. The topological polar surface area (TPSA) is 107 Å². The van der Waals surface area contributed by atoms with E-state index in [2.05, 4.69) is 20.8 Å². The fourth-order valence-corrected chi connectivity index (χ4v) is 2.36. The number of amides is 2. The third kappa shape index (κ3) is 2.86. The molecule has 1 fully saturated rings.